The largest absolute Gasteiger partial charge is 0.496 e. The molecule has 9 nitrogen and oxygen atoms in total. The second-order valence-corrected chi connectivity index (χ2v) is 11.5. The number of carbonyl (C=O) groups excluding carboxylic acids is 3. The average Bonchev–Trinajstić information content (AvgIpc) is 3.64. The summed E-state index contributed by atoms with van der Waals surface area (Å²) in [5.74, 6) is -0.663. The first-order valence-corrected chi connectivity index (χ1v) is 14.3. The standard InChI is InChI=1S/C30H34N4O5S/c1-17(2)26(34-14-21-6-5-7-24(39-4)25(21)29(34)37)30(38)33-15-22(35)12-23(33)28(36)31-13-19-8-10-20(11-9-19)27-18(3)32-16-40-27/h5-11,16-17,22-23,26,35H,12-15H2,1-4H3,(H,31,36)/t22-,23+,26?/m1/s1. The summed E-state index contributed by atoms with van der Waals surface area (Å²) in [6, 6.07) is 11.7. The first kappa shape index (κ1) is 27.8. The second-order valence-electron chi connectivity index (χ2n) is 10.7. The van der Waals surface area contributed by atoms with Gasteiger partial charge in [0.15, 0.2) is 0 Å². The molecule has 1 saturated heterocycles. The number of benzene rings is 2. The first-order valence-electron chi connectivity index (χ1n) is 13.4. The second kappa shape index (κ2) is 11.4. The first-order chi connectivity index (χ1) is 19.2. The molecule has 2 aliphatic heterocycles. The summed E-state index contributed by atoms with van der Waals surface area (Å²) in [5.41, 5.74) is 6.06. The third kappa shape index (κ3) is 5.21. The SMILES string of the molecule is COc1cccc2c1C(=O)N(C(C(=O)N1C[C@H](O)C[C@H]1C(=O)NCc1ccc(-c3scnc3C)cc1)C(C)C)C2. The van der Waals surface area contributed by atoms with Gasteiger partial charge >= 0.3 is 0 Å². The van der Waals surface area contributed by atoms with Crippen LogP contribution in [0.1, 0.15) is 47.4 Å². The van der Waals surface area contributed by atoms with Crippen LogP contribution in [-0.2, 0) is 22.7 Å². The number of likely N-dealkylation sites (tertiary alicyclic amines) is 1. The molecule has 2 aliphatic rings. The number of nitrogens with zero attached hydrogens (tertiary/aromatic N) is 3. The summed E-state index contributed by atoms with van der Waals surface area (Å²) in [6.45, 7) is 6.36. The highest BCUT2D eigenvalue weighted by atomic mass is 32.1. The zero-order valence-electron chi connectivity index (χ0n) is 23.1. The molecule has 0 saturated carbocycles. The number of β-amino-alcohol motifs (C(OH)–C–C–N with tert-alkyl or cyclic N) is 1. The topological polar surface area (TPSA) is 112 Å². The van der Waals surface area contributed by atoms with Gasteiger partial charge in [0.1, 0.15) is 17.8 Å². The number of nitrogens with one attached hydrogen (secondary N) is 1. The van der Waals surface area contributed by atoms with Crippen LogP contribution >= 0.6 is 11.3 Å². The summed E-state index contributed by atoms with van der Waals surface area (Å²) in [5, 5.41) is 13.4. The molecule has 2 N–H and O–H groups in total. The Hall–Kier alpha value is -3.76. The molecule has 1 unspecified atom stereocenters. The van der Waals surface area contributed by atoms with E-state index in [1.165, 1.54) is 12.0 Å². The van der Waals surface area contributed by atoms with Crippen LogP contribution in [0.15, 0.2) is 48.0 Å². The van der Waals surface area contributed by atoms with Gasteiger partial charge in [-0.25, -0.2) is 4.98 Å². The molecular weight excluding hydrogens is 528 g/mol. The van der Waals surface area contributed by atoms with E-state index in [4.69, 9.17) is 4.74 Å². The summed E-state index contributed by atoms with van der Waals surface area (Å²) >= 11 is 1.59. The highest BCUT2D eigenvalue weighted by Crippen LogP contribution is 2.34. The summed E-state index contributed by atoms with van der Waals surface area (Å²) in [7, 11) is 1.52. The van der Waals surface area contributed by atoms with E-state index in [0.717, 1.165) is 27.3 Å². The highest BCUT2D eigenvalue weighted by Gasteiger charge is 2.46. The summed E-state index contributed by atoms with van der Waals surface area (Å²) in [6.07, 6.45) is -0.672. The normalized spacial score (nSPS) is 19.2. The number of aromatic nitrogens is 1. The fourth-order valence-electron chi connectivity index (χ4n) is 5.66. The lowest BCUT2D eigenvalue weighted by atomic mass is 10.00. The van der Waals surface area contributed by atoms with Gasteiger partial charge < -0.3 is 25.0 Å². The number of carbonyl (C=O) groups is 3. The molecule has 40 heavy (non-hydrogen) atoms. The number of rotatable bonds is 8. The number of fused-ring (bicyclic) bond motifs is 1. The van der Waals surface area contributed by atoms with Gasteiger partial charge in [-0.1, -0.05) is 50.2 Å². The average molecular weight is 563 g/mol. The molecule has 3 heterocycles. The van der Waals surface area contributed by atoms with E-state index in [2.05, 4.69) is 10.3 Å². The number of aryl methyl sites for hydroxylation is 1. The number of hydrogen-bond donors (Lipinski definition) is 2. The van der Waals surface area contributed by atoms with Gasteiger partial charge in [0.25, 0.3) is 5.91 Å². The predicted octanol–water partition coefficient (Wildman–Crippen LogP) is 3.39. The highest BCUT2D eigenvalue weighted by molar-refractivity contribution is 7.13. The van der Waals surface area contributed by atoms with E-state index < -0.39 is 18.2 Å². The smallest absolute Gasteiger partial charge is 0.258 e. The molecule has 0 spiro atoms. The monoisotopic (exact) mass is 562 g/mol. The Morgan fingerprint density at radius 1 is 1.20 bits per heavy atom. The van der Waals surface area contributed by atoms with Crippen molar-refractivity contribution in [2.45, 2.75) is 58.5 Å². The molecule has 5 rings (SSSR count). The van der Waals surface area contributed by atoms with E-state index >= 15 is 0 Å². The fraction of sp³-hybridized carbons (Fsp3) is 0.400. The van der Waals surface area contributed by atoms with E-state index in [1.807, 2.05) is 62.7 Å². The molecule has 1 aromatic heterocycles. The zero-order valence-corrected chi connectivity index (χ0v) is 23.9. The molecular formula is C30H34N4O5S. The molecule has 0 aliphatic carbocycles. The molecule has 3 aromatic rings. The molecule has 210 valence electrons. The van der Waals surface area contributed by atoms with Crippen LogP contribution in [-0.4, -0.2) is 69.5 Å². The number of amides is 3. The minimum absolute atomic E-state index is 0.0430. The number of aliphatic hydroxyl groups is 1. The van der Waals surface area contributed by atoms with Gasteiger partial charge in [0.05, 0.1) is 34.9 Å². The summed E-state index contributed by atoms with van der Waals surface area (Å²) in [4.78, 5) is 49.1. The van der Waals surface area contributed by atoms with Gasteiger partial charge in [0, 0.05) is 26.1 Å². The van der Waals surface area contributed by atoms with Gasteiger partial charge in [-0.15, -0.1) is 11.3 Å². The van der Waals surface area contributed by atoms with Crippen LogP contribution < -0.4 is 10.1 Å². The number of ether oxygens (including phenoxy) is 1. The lowest BCUT2D eigenvalue weighted by Crippen LogP contribution is -2.55. The minimum Gasteiger partial charge on any atom is -0.496 e. The van der Waals surface area contributed by atoms with E-state index in [-0.39, 0.29) is 43.1 Å². The fourth-order valence-corrected chi connectivity index (χ4v) is 6.47. The maximum absolute atomic E-state index is 13.9. The molecule has 0 bridgehead atoms. The van der Waals surface area contributed by atoms with Crippen molar-refractivity contribution in [3.8, 4) is 16.2 Å². The summed E-state index contributed by atoms with van der Waals surface area (Å²) < 4.78 is 5.40. The Balaban J connectivity index is 1.29. The van der Waals surface area contributed by atoms with Crippen molar-refractivity contribution in [1.29, 1.82) is 0 Å². The van der Waals surface area contributed by atoms with Crippen LogP contribution in [0.2, 0.25) is 0 Å². The van der Waals surface area contributed by atoms with Crippen molar-refractivity contribution in [2.75, 3.05) is 13.7 Å². The maximum Gasteiger partial charge on any atom is 0.258 e. The molecule has 10 heteroatoms. The quantitative estimate of drug-likeness (QED) is 0.435. The van der Waals surface area contributed by atoms with Gasteiger partial charge in [-0.05, 0) is 35.6 Å². The molecule has 1 fully saturated rings. The zero-order chi connectivity index (χ0) is 28.6. The third-order valence-corrected chi connectivity index (χ3v) is 8.64. The molecule has 2 aromatic carbocycles. The lowest BCUT2D eigenvalue weighted by molar-refractivity contribution is -0.143. The maximum atomic E-state index is 13.9. The number of hydrogen-bond acceptors (Lipinski definition) is 7. The van der Waals surface area contributed by atoms with Crippen molar-refractivity contribution in [2.24, 2.45) is 5.92 Å². The van der Waals surface area contributed by atoms with Gasteiger partial charge in [-0.2, -0.15) is 0 Å². The minimum atomic E-state index is -0.822. The number of methoxy groups -OCH3 is 1. The van der Waals surface area contributed by atoms with Crippen molar-refractivity contribution < 1.29 is 24.2 Å². The van der Waals surface area contributed by atoms with Gasteiger partial charge in [-0.3, -0.25) is 14.4 Å². The molecule has 0 radical (unpaired) electrons. The third-order valence-electron chi connectivity index (χ3n) is 7.66. The van der Waals surface area contributed by atoms with E-state index in [9.17, 15) is 19.5 Å². The Kier molecular flexibility index (Phi) is 7.91. The predicted molar refractivity (Wildman–Crippen MR) is 152 cm³/mol. The van der Waals surface area contributed by atoms with Crippen LogP contribution in [0.4, 0.5) is 0 Å². The van der Waals surface area contributed by atoms with Crippen LogP contribution in [0, 0.1) is 12.8 Å². The Bertz CT molecular complexity index is 1420. The van der Waals surface area contributed by atoms with E-state index in [0.29, 0.717) is 17.9 Å². The van der Waals surface area contributed by atoms with Crippen molar-refractivity contribution in [3.05, 3.63) is 70.4 Å². The van der Waals surface area contributed by atoms with Crippen LogP contribution in [0.25, 0.3) is 10.4 Å². The van der Waals surface area contributed by atoms with Crippen molar-refractivity contribution >= 4 is 29.1 Å². The van der Waals surface area contributed by atoms with Crippen molar-refractivity contribution in [3.63, 3.8) is 0 Å². The molecule has 3 atom stereocenters. The lowest BCUT2D eigenvalue weighted by Gasteiger charge is -2.35. The Labute approximate surface area is 237 Å². The van der Waals surface area contributed by atoms with Crippen LogP contribution in [0.3, 0.4) is 0 Å². The van der Waals surface area contributed by atoms with Gasteiger partial charge in [0.2, 0.25) is 11.8 Å². The van der Waals surface area contributed by atoms with Crippen molar-refractivity contribution in [1.82, 2.24) is 20.1 Å². The Morgan fingerprint density at radius 2 is 1.95 bits per heavy atom. The van der Waals surface area contributed by atoms with E-state index in [1.54, 1.807) is 22.3 Å². The molecule has 3 amide bonds. The van der Waals surface area contributed by atoms with Crippen LogP contribution in [0.5, 0.6) is 5.75 Å². The number of thiazole rings is 1. The Morgan fingerprint density at radius 3 is 2.60 bits per heavy atom. The number of aliphatic hydroxyl groups excluding tert-OH is 1.